The number of amides is 1. The molecule has 0 fully saturated rings. The quantitative estimate of drug-likeness (QED) is 0.806. The van der Waals surface area contributed by atoms with Crippen LogP contribution in [0.5, 0.6) is 11.5 Å². The van der Waals surface area contributed by atoms with E-state index >= 15 is 0 Å². The number of nitrogens with one attached hydrogen (secondary N) is 1. The number of aromatic hydroxyl groups is 2. The van der Waals surface area contributed by atoms with Crippen molar-refractivity contribution in [2.24, 2.45) is 0 Å². The SMILES string of the molecule is Cc1cccc(O)c1C(=O)NCc1cccc(O)c1F. The summed E-state index contributed by atoms with van der Waals surface area (Å²) in [7, 11) is 0. The van der Waals surface area contributed by atoms with Crippen LogP contribution >= 0.6 is 0 Å². The van der Waals surface area contributed by atoms with Crippen LogP contribution in [0, 0.1) is 12.7 Å². The van der Waals surface area contributed by atoms with Crippen LogP contribution in [-0.2, 0) is 6.54 Å². The lowest BCUT2D eigenvalue weighted by atomic mass is 10.1. The van der Waals surface area contributed by atoms with Crippen molar-refractivity contribution < 1.29 is 19.4 Å². The fraction of sp³-hybridized carbons (Fsp3) is 0.133. The first kappa shape index (κ1) is 13.9. The number of aryl methyl sites for hydroxylation is 1. The van der Waals surface area contributed by atoms with Crippen molar-refractivity contribution in [2.75, 3.05) is 0 Å². The molecule has 5 heteroatoms. The summed E-state index contributed by atoms with van der Waals surface area (Å²) in [5, 5.41) is 21.4. The lowest BCUT2D eigenvalue weighted by Crippen LogP contribution is -2.24. The molecule has 0 aromatic heterocycles. The zero-order valence-corrected chi connectivity index (χ0v) is 10.9. The van der Waals surface area contributed by atoms with Crippen molar-refractivity contribution in [3.63, 3.8) is 0 Å². The maximum atomic E-state index is 13.6. The lowest BCUT2D eigenvalue weighted by Gasteiger charge is -2.10. The number of halogens is 1. The smallest absolute Gasteiger partial charge is 0.255 e. The van der Waals surface area contributed by atoms with Crippen molar-refractivity contribution in [3.8, 4) is 11.5 Å². The summed E-state index contributed by atoms with van der Waals surface area (Å²) in [6.45, 7) is 1.62. The van der Waals surface area contributed by atoms with Gasteiger partial charge in [0.1, 0.15) is 5.75 Å². The van der Waals surface area contributed by atoms with Gasteiger partial charge in [-0.25, -0.2) is 4.39 Å². The van der Waals surface area contributed by atoms with E-state index in [1.807, 2.05) is 0 Å². The second-order valence-electron chi connectivity index (χ2n) is 4.40. The average Bonchev–Trinajstić information content (AvgIpc) is 2.40. The molecule has 0 radical (unpaired) electrons. The Labute approximate surface area is 115 Å². The number of phenolic OH excluding ortho intramolecular Hbond substituents is 2. The molecule has 0 aliphatic carbocycles. The largest absolute Gasteiger partial charge is 0.507 e. The van der Waals surface area contributed by atoms with Gasteiger partial charge in [0.15, 0.2) is 11.6 Å². The van der Waals surface area contributed by atoms with Gasteiger partial charge in [0.25, 0.3) is 5.91 Å². The second-order valence-corrected chi connectivity index (χ2v) is 4.40. The lowest BCUT2D eigenvalue weighted by molar-refractivity contribution is 0.0947. The summed E-state index contributed by atoms with van der Waals surface area (Å²) in [5.74, 6) is -1.85. The first-order valence-corrected chi connectivity index (χ1v) is 6.04. The number of benzene rings is 2. The Morgan fingerprint density at radius 3 is 2.50 bits per heavy atom. The van der Waals surface area contributed by atoms with E-state index in [0.717, 1.165) is 0 Å². The van der Waals surface area contributed by atoms with E-state index < -0.39 is 17.5 Å². The summed E-state index contributed by atoms with van der Waals surface area (Å²) < 4.78 is 13.6. The van der Waals surface area contributed by atoms with Crippen molar-refractivity contribution >= 4 is 5.91 Å². The number of hydrogen-bond donors (Lipinski definition) is 3. The predicted octanol–water partition coefficient (Wildman–Crippen LogP) is 2.48. The van der Waals surface area contributed by atoms with E-state index in [1.54, 1.807) is 19.1 Å². The second kappa shape index (κ2) is 5.61. The van der Waals surface area contributed by atoms with E-state index in [4.69, 9.17) is 0 Å². The average molecular weight is 275 g/mol. The molecule has 0 saturated carbocycles. The first-order valence-electron chi connectivity index (χ1n) is 6.04. The molecule has 2 rings (SSSR count). The number of phenols is 2. The molecule has 0 heterocycles. The number of rotatable bonds is 3. The van der Waals surface area contributed by atoms with E-state index in [2.05, 4.69) is 5.32 Å². The molecule has 0 spiro atoms. The van der Waals surface area contributed by atoms with Crippen LogP contribution in [0.3, 0.4) is 0 Å². The summed E-state index contributed by atoms with van der Waals surface area (Å²) in [4.78, 5) is 12.0. The molecule has 2 aromatic rings. The Morgan fingerprint density at radius 1 is 1.15 bits per heavy atom. The Bertz CT molecular complexity index is 635. The van der Waals surface area contributed by atoms with Crippen molar-refractivity contribution in [1.29, 1.82) is 0 Å². The van der Waals surface area contributed by atoms with Crippen LogP contribution in [0.1, 0.15) is 21.5 Å². The van der Waals surface area contributed by atoms with Gasteiger partial charge in [-0.3, -0.25) is 4.79 Å². The van der Waals surface area contributed by atoms with Gasteiger partial charge >= 0.3 is 0 Å². The summed E-state index contributed by atoms with van der Waals surface area (Å²) >= 11 is 0. The maximum Gasteiger partial charge on any atom is 0.255 e. The zero-order valence-electron chi connectivity index (χ0n) is 10.9. The third-order valence-corrected chi connectivity index (χ3v) is 2.98. The van der Waals surface area contributed by atoms with Crippen LogP contribution in [-0.4, -0.2) is 16.1 Å². The topological polar surface area (TPSA) is 69.6 Å². The molecule has 1 amide bonds. The van der Waals surface area contributed by atoms with Gasteiger partial charge in [-0.2, -0.15) is 0 Å². The highest BCUT2D eigenvalue weighted by Gasteiger charge is 2.14. The zero-order chi connectivity index (χ0) is 14.7. The first-order chi connectivity index (χ1) is 9.50. The minimum atomic E-state index is -0.762. The van der Waals surface area contributed by atoms with Crippen molar-refractivity contribution in [1.82, 2.24) is 5.32 Å². The molecular weight excluding hydrogens is 261 g/mol. The Hall–Kier alpha value is -2.56. The molecule has 0 aliphatic rings. The molecule has 2 aromatic carbocycles. The number of carbonyl (C=O) groups excluding carboxylic acids is 1. The van der Waals surface area contributed by atoms with Crippen molar-refractivity contribution in [3.05, 3.63) is 58.9 Å². The summed E-state index contributed by atoms with van der Waals surface area (Å²) in [5.41, 5.74) is 0.957. The van der Waals surface area contributed by atoms with Crippen LogP contribution in [0.15, 0.2) is 36.4 Å². The summed E-state index contributed by atoms with van der Waals surface area (Å²) in [6, 6.07) is 8.93. The molecular formula is C15H14FNO3. The van der Waals surface area contributed by atoms with Gasteiger partial charge in [-0.15, -0.1) is 0 Å². The van der Waals surface area contributed by atoms with E-state index in [-0.39, 0.29) is 23.4 Å². The highest BCUT2D eigenvalue weighted by Crippen LogP contribution is 2.21. The molecule has 3 N–H and O–H groups in total. The maximum absolute atomic E-state index is 13.6. The Morgan fingerprint density at radius 2 is 1.80 bits per heavy atom. The van der Waals surface area contributed by atoms with Gasteiger partial charge in [0, 0.05) is 12.1 Å². The monoisotopic (exact) mass is 275 g/mol. The normalized spacial score (nSPS) is 10.3. The van der Waals surface area contributed by atoms with E-state index in [9.17, 15) is 19.4 Å². The molecule has 0 saturated heterocycles. The Balaban J connectivity index is 2.15. The standard InChI is InChI=1S/C15H14FNO3/c1-9-4-2-6-11(18)13(9)15(20)17-8-10-5-3-7-12(19)14(10)16/h2-7,18-19H,8H2,1H3,(H,17,20). The third-order valence-electron chi connectivity index (χ3n) is 2.98. The molecule has 20 heavy (non-hydrogen) atoms. The summed E-state index contributed by atoms with van der Waals surface area (Å²) in [6.07, 6.45) is 0. The molecule has 4 nitrogen and oxygen atoms in total. The van der Waals surface area contributed by atoms with Gasteiger partial charge < -0.3 is 15.5 Å². The molecule has 0 unspecified atom stereocenters. The Kier molecular flexibility index (Phi) is 3.89. The fourth-order valence-electron chi connectivity index (χ4n) is 1.91. The van der Waals surface area contributed by atoms with Crippen LogP contribution in [0.25, 0.3) is 0 Å². The minimum Gasteiger partial charge on any atom is -0.507 e. The number of hydrogen-bond acceptors (Lipinski definition) is 3. The fourth-order valence-corrected chi connectivity index (χ4v) is 1.91. The molecule has 0 aliphatic heterocycles. The molecule has 0 bridgehead atoms. The van der Waals surface area contributed by atoms with Crippen LogP contribution in [0.4, 0.5) is 4.39 Å². The molecule has 104 valence electrons. The number of carbonyl (C=O) groups is 1. The molecule has 0 atom stereocenters. The van der Waals surface area contributed by atoms with Gasteiger partial charge in [-0.05, 0) is 24.6 Å². The van der Waals surface area contributed by atoms with Gasteiger partial charge in [0.05, 0.1) is 5.56 Å². The third kappa shape index (κ3) is 2.71. The van der Waals surface area contributed by atoms with E-state index in [0.29, 0.717) is 5.56 Å². The van der Waals surface area contributed by atoms with Gasteiger partial charge in [-0.1, -0.05) is 24.3 Å². The highest BCUT2D eigenvalue weighted by molar-refractivity contribution is 5.98. The minimum absolute atomic E-state index is 0.0765. The van der Waals surface area contributed by atoms with Crippen LogP contribution in [0.2, 0.25) is 0 Å². The van der Waals surface area contributed by atoms with E-state index in [1.165, 1.54) is 24.3 Å². The van der Waals surface area contributed by atoms with Crippen LogP contribution < -0.4 is 5.32 Å². The highest BCUT2D eigenvalue weighted by atomic mass is 19.1. The van der Waals surface area contributed by atoms with Crippen molar-refractivity contribution in [2.45, 2.75) is 13.5 Å². The van der Waals surface area contributed by atoms with Gasteiger partial charge in [0.2, 0.25) is 0 Å². The predicted molar refractivity (Wildman–Crippen MR) is 72.1 cm³/mol.